The van der Waals surface area contributed by atoms with Crippen molar-refractivity contribution in [3.8, 4) is 0 Å². The SMILES string of the molecule is ClCC1(Nc2nccc3occc23)CCCCC1. The summed E-state index contributed by atoms with van der Waals surface area (Å²) >= 11 is 6.20. The maximum absolute atomic E-state index is 6.20. The zero-order valence-corrected chi connectivity index (χ0v) is 11.0. The van der Waals surface area contributed by atoms with E-state index in [2.05, 4.69) is 10.3 Å². The van der Waals surface area contributed by atoms with Crippen LogP contribution in [0.3, 0.4) is 0 Å². The van der Waals surface area contributed by atoms with Crippen molar-refractivity contribution in [2.75, 3.05) is 11.2 Å². The summed E-state index contributed by atoms with van der Waals surface area (Å²) in [5.41, 5.74) is 0.867. The summed E-state index contributed by atoms with van der Waals surface area (Å²) in [6, 6.07) is 3.84. The second-order valence-corrected chi connectivity index (χ2v) is 5.36. The van der Waals surface area contributed by atoms with E-state index in [1.165, 1.54) is 19.3 Å². The van der Waals surface area contributed by atoms with Gasteiger partial charge in [-0.2, -0.15) is 0 Å². The summed E-state index contributed by atoms with van der Waals surface area (Å²) in [5.74, 6) is 1.52. The van der Waals surface area contributed by atoms with Crippen LogP contribution in [0.5, 0.6) is 0 Å². The molecule has 0 radical (unpaired) electrons. The van der Waals surface area contributed by atoms with Crippen molar-refractivity contribution in [3.05, 3.63) is 24.6 Å². The van der Waals surface area contributed by atoms with Gasteiger partial charge in [-0.25, -0.2) is 4.98 Å². The van der Waals surface area contributed by atoms with Gasteiger partial charge in [-0.15, -0.1) is 11.6 Å². The highest BCUT2D eigenvalue weighted by atomic mass is 35.5. The Labute approximate surface area is 112 Å². The fourth-order valence-corrected chi connectivity index (χ4v) is 3.10. The molecule has 1 aliphatic carbocycles. The number of alkyl halides is 1. The molecule has 2 aromatic rings. The van der Waals surface area contributed by atoms with Gasteiger partial charge in [-0.3, -0.25) is 0 Å². The molecule has 96 valence electrons. The summed E-state index contributed by atoms with van der Waals surface area (Å²) in [6.07, 6.45) is 9.50. The number of nitrogens with one attached hydrogen (secondary N) is 1. The van der Waals surface area contributed by atoms with E-state index in [1.54, 1.807) is 12.5 Å². The van der Waals surface area contributed by atoms with E-state index in [4.69, 9.17) is 16.0 Å². The summed E-state index contributed by atoms with van der Waals surface area (Å²) in [6.45, 7) is 0. The van der Waals surface area contributed by atoms with Crippen LogP contribution >= 0.6 is 11.6 Å². The smallest absolute Gasteiger partial charge is 0.139 e. The van der Waals surface area contributed by atoms with E-state index in [-0.39, 0.29) is 5.54 Å². The number of aromatic nitrogens is 1. The van der Waals surface area contributed by atoms with Crippen LogP contribution in [0.15, 0.2) is 29.0 Å². The largest absolute Gasteiger partial charge is 0.464 e. The second kappa shape index (κ2) is 4.81. The Balaban J connectivity index is 1.92. The van der Waals surface area contributed by atoms with E-state index < -0.39 is 0 Å². The molecule has 0 atom stereocenters. The Bertz CT molecular complexity index is 531. The van der Waals surface area contributed by atoms with Crippen LogP contribution < -0.4 is 5.32 Å². The third-order valence-electron chi connectivity index (χ3n) is 3.83. The Hall–Kier alpha value is -1.22. The molecule has 0 spiro atoms. The normalized spacial score (nSPS) is 18.9. The lowest BCUT2D eigenvalue weighted by Gasteiger charge is -2.37. The van der Waals surface area contributed by atoms with Crippen molar-refractivity contribution in [3.63, 3.8) is 0 Å². The Kier molecular flexibility index (Phi) is 3.16. The molecule has 0 saturated heterocycles. The average molecular weight is 265 g/mol. The van der Waals surface area contributed by atoms with Crippen molar-refractivity contribution in [2.45, 2.75) is 37.6 Å². The molecule has 0 aromatic carbocycles. The lowest BCUT2D eigenvalue weighted by atomic mass is 9.83. The highest BCUT2D eigenvalue weighted by molar-refractivity contribution is 6.19. The Morgan fingerprint density at radius 2 is 2.11 bits per heavy atom. The molecule has 0 amide bonds. The summed E-state index contributed by atoms with van der Waals surface area (Å²) in [5, 5.41) is 4.60. The van der Waals surface area contributed by atoms with Crippen LogP contribution in [0.25, 0.3) is 11.0 Å². The average Bonchev–Trinajstić information content (AvgIpc) is 2.89. The summed E-state index contributed by atoms with van der Waals surface area (Å²) < 4.78 is 5.40. The lowest BCUT2D eigenvalue weighted by molar-refractivity contribution is 0.353. The van der Waals surface area contributed by atoms with Gasteiger partial charge in [0.2, 0.25) is 0 Å². The van der Waals surface area contributed by atoms with Crippen LogP contribution in [-0.4, -0.2) is 16.4 Å². The standard InChI is InChI=1S/C14H17ClN2O/c15-10-14(6-2-1-3-7-14)17-13-11-5-9-18-12(11)4-8-16-13/h4-5,8-9H,1-3,6-7,10H2,(H,16,17). The number of rotatable bonds is 3. The van der Waals surface area contributed by atoms with Crippen molar-refractivity contribution in [2.24, 2.45) is 0 Å². The zero-order valence-electron chi connectivity index (χ0n) is 10.3. The van der Waals surface area contributed by atoms with Crippen LogP contribution in [-0.2, 0) is 0 Å². The molecular formula is C14H17ClN2O. The third-order valence-corrected chi connectivity index (χ3v) is 4.34. The monoisotopic (exact) mass is 264 g/mol. The molecule has 4 heteroatoms. The van der Waals surface area contributed by atoms with Gasteiger partial charge >= 0.3 is 0 Å². The number of halogens is 1. The van der Waals surface area contributed by atoms with Gasteiger partial charge in [0.15, 0.2) is 0 Å². The van der Waals surface area contributed by atoms with Gasteiger partial charge in [0.1, 0.15) is 11.4 Å². The maximum Gasteiger partial charge on any atom is 0.139 e. The summed E-state index contributed by atoms with van der Waals surface area (Å²) in [7, 11) is 0. The highest BCUT2D eigenvalue weighted by Crippen LogP contribution is 2.34. The van der Waals surface area contributed by atoms with Gasteiger partial charge in [-0.1, -0.05) is 19.3 Å². The number of anilines is 1. The first kappa shape index (κ1) is 11.8. The van der Waals surface area contributed by atoms with Crippen LogP contribution in [0, 0.1) is 0 Å². The molecular weight excluding hydrogens is 248 g/mol. The van der Waals surface area contributed by atoms with Gasteiger partial charge in [0.05, 0.1) is 17.2 Å². The zero-order chi connectivity index (χ0) is 12.4. The molecule has 0 bridgehead atoms. The molecule has 1 N–H and O–H groups in total. The minimum Gasteiger partial charge on any atom is -0.464 e. The van der Waals surface area contributed by atoms with E-state index in [1.807, 2.05) is 12.1 Å². The quantitative estimate of drug-likeness (QED) is 0.845. The molecule has 3 rings (SSSR count). The number of nitrogens with zero attached hydrogens (tertiary/aromatic N) is 1. The molecule has 2 heterocycles. The first-order valence-corrected chi connectivity index (χ1v) is 7.03. The molecule has 1 aliphatic rings. The van der Waals surface area contributed by atoms with E-state index in [9.17, 15) is 0 Å². The van der Waals surface area contributed by atoms with Crippen molar-refractivity contribution in [1.82, 2.24) is 4.98 Å². The Morgan fingerprint density at radius 1 is 1.28 bits per heavy atom. The van der Waals surface area contributed by atoms with Crippen molar-refractivity contribution >= 4 is 28.4 Å². The van der Waals surface area contributed by atoms with E-state index in [0.29, 0.717) is 5.88 Å². The van der Waals surface area contributed by atoms with Crippen LogP contribution in [0.4, 0.5) is 5.82 Å². The Morgan fingerprint density at radius 3 is 2.89 bits per heavy atom. The fourth-order valence-electron chi connectivity index (χ4n) is 2.77. The molecule has 18 heavy (non-hydrogen) atoms. The predicted octanol–water partition coefficient (Wildman–Crippen LogP) is 4.18. The van der Waals surface area contributed by atoms with Gasteiger partial charge in [0, 0.05) is 12.1 Å². The van der Waals surface area contributed by atoms with E-state index >= 15 is 0 Å². The number of pyridine rings is 1. The number of fused-ring (bicyclic) bond motifs is 1. The number of hydrogen-bond acceptors (Lipinski definition) is 3. The van der Waals surface area contributed by atoms with Crippen LogP contribution in [0.1, 0.15) is 32.1 Å². The lowest BCUT2D eigenvalue weighted by Crippen LogP contribution is -2.42. The molecule has 2 aromatic heterocycles. The van der Waals surface area contributed by atoms with Crippen LogP contribution in [0.2, 0.25) is 0 Å². The van der Waals surface area contributed by atoms with Gasteiger partial charge in [0.25, 0.3) is 0 Å². The minimum absolute atomic E-state index is 0.00163. The van der Waals surface area contributed by atoms with E-state index in [0.717, 1.165) is 29.6 Å². The first-order chi connectivity index (χ1) is 8.83. The van der Waals surface area contributed by atoms with Crippen molar-refractivity contribution in [1.29, 1.82) is 0 Å². The predicted molar refractivity (Wildman–Crippen MR) is 74.2 cm³/mol. The number of hydrogen-bond donors (Lipinski definition) is 1. The highest BCUT2D eigenvalue weighted by Gasteiger charge is 2.31. The first-order valence-electron chi connectivity index (χ1n) is 6.49. The maximum atomic E-state index is 6.20. The minimum atomic E-state index is -0.00163. The molecule has 3 nitrogen and oxygen atoms in total. The number of furan rings is 1. The molecule has 0 aliphatic heterocycles. The third kappa shape index (κ3) is 2.07. The van der Waals surface area contributed by atoms with Crippen molar-refractivity contribution < 1.29 is 4.42 Å². The fraction of sp³-hybridized carbons (Fsp3) is 0.500. The summed E-state index contributed by atoms with van der Waals surface area (Å²) in [4.78, 5) is 4.44. The van der Waals surface area contributed by atoms with Gasteiger partial charge < -0.3 is 9.73 Å². The molecule has 1 saturated carbocycles. The second-order valence-electron chi connectivity index (χ2n) is 5.09. The topological polar surface area (TPSA) is 38.1 Å². The van der Waals surface area contributed by atoms with Gasteiger partial charge in [-0.05, 0) is 25.0 Å². The molecule has 0 unspecified atom stereocenters. The molecule has 1 fully saturated rings.